The van der Waals surface area contributed by atoms with Gasteiger partial charge in [-0.1, -0.05) is 156 Å². The summed E-state index contributed by atoms with van der Waals surface area (Å²) in [6.07, 6.45) is 0. The van der Waals surface area contributed by atoms with Gasteiger partial charge in [-0.25, -0.2) is 0 Å². The molecule has 0 saturated carbocycles. The van der Waals surface area contributed by atoms with Crippen molar-refractivity contribution in [1.29, 1.82) is 0 Å². The third-order valence-corrected chi connectivity index (χ3v) is 21.7. The molecule has 11 heteroatoms. The first-order valence-corrected chi connectivity index (χ1v) is 30.0. The molecule has 16 rings (SSSR count). The van der Waals surface area contributed by atoms with Gasteiger partial charge in [-0.15, -0.1) is 0 Å². The molecule has 4 aliphatic heterocycles. The molecule has 1 aromatic heterocycles. The van der Waals surface area contributed by atoms with Gasteiger partial charge >= 0.3 is 0 Å². The second-order valence-electron chi connectivity index (χ2n) is 18.8. The molecular formula is C66H38N2O3S6. The van der Waals surface area contributed by atoms with Crippen molar-refractivity contribution >= 4 is 127 Å². The van der Waals surface area contributed by atoms with E-state index in [2.05, 4.69) is 210 Å². The Labute approximate surface area is 470 Å². The fraction of sp³-hybridized carbons (Fsp3) is 0. The van der Waals surface area contributed by atoms with Crippen molar-refractivity contribution in [1.82, 2.24) is 0 Å². The Morgan fingerprint density at radius 3 is 1.30 bits per heavy atom. The van der Waals surface area contributed by atoms with Gasteiger partial charge in [0.2, 0.25) is 0 Å². The second-order valence-corrected chi connectivity index (χ2v) is 25.3. The number of nitrogens with zero attached hydrogens (tertiary/aromatic N) is 2. The number of para-hydroxylation sites is 4. The maximum atomic E-state index is 6.87. The van der Waals surface area contributed by atoms with Crippen molar-refractivity contribution in [3.05, 3.63) is 231 Å². The summed E-state index contributed by atoms with van der Waals surface area (Å²) in [5.41, 5.74) is 9.71. The molecule has 0 unspecified atom stereocenters. The molecule has 11 aromatic carbocycles. The maximum Gasteiger partial charge on any atom is 0.194 e. The normalized spacial score (nSPS) is 13.4. The van der Waals surface area contributed by atoms with Gasteiger partial charge in [-0.2, -0.15) is 0 Å². The van der Waals surface area contributed by atoms with Gasteiger partial charge in [0, 0.05) is 97.8 Å². The summed E-state index contributed by atoms with van der Waals surface area (Å²) >= 11 is 11.0. The first kappa shape index (κ1) is 45.7. The molecule has 0 amide bonds. The van der Waals surface area contributed by atoms with Crippen LogP contribution in [0.3, 0.4) is 0 Å². The summed E-state index contributed by atoms with van der Waals surface area (Å²) in [6.45, 7) is 0. The maximum absolute atomic E-state index is 6.87. The number of ether oxygens (including phenoxy) is 2. The number of rotatable bonds is 7. The van der Waals surface area contributed by atoms with Crippen LogP contribution in [0.1, 0.15) is 0 Å². The Bertz CT molecular complexity index is 4320. The molecule has 0 spiro atoms. The molecule has 0 atom stereocenters. The zero-order chi connectivity index (χ0) is 50.6. The average Bonchev–Trinajstić information content (AvgIpc) is 4.03. The van der Waals surface area contributed by atoms with E-state index in [0.29, 0.717) is 23.0 Å². The number of furan rings is 1. The second kappa shape index (κ2) is 18.6. The van der Waals surface area contributed by atoms with Gasteiger partial charge in [-0.05, 0) is 151 Å². The average molecular weight is 1100 g/mol. The van der Waals surface area contributed by atoms with Crippen LogP contribution in [0.25, 0.3) is 33.1 Å². The van der Waals surface area contributed by atoms with Crippen LogP contribution in [-0.4, -0.2) is 0 Å². The largest absolute Gasteiger partial charge is 0.456 e. The molecule has 0 N–H and O–H groups in total. The number of hydrogen-bond donors (Lipinski definition) is 0. The first-order valence-electron chi connectivity index (χ1n) is 25.1. The van der Waals surface area contributed by atoms with Gasteiger partial charge in [-0.3, -0.25) is 0 Å². The predicted molar refractivity (Wildman–Crippen MR) is 319 cm³/mol. The van der Waals surface area contributed by atoms with E-state index in [9.17, 15) is 0 Å². The van der Waals surface area contributed by atoms with E-state index in [1.54, 1.807) is 0 Å². The lowest BCUT2D eigenvalue weighted by molar-refractivity contribution is 0.360. The van der Waals surface area contributed by atoms with E-state index in [4.69, 9.17) is 13.9 Å². The first-order chi connectivity index (χ1) is 38.1. The molecule has 0 saturated heterocycles. The van der Waals surface area contributed by atoms with Crippen LogP contribution in [0, 0.1) is 0 Å². The zero-order valence-corrected chi connectivity index (χ0v) is 45.4. The van der Waals surface area contributed by atoms with Gasteiger partial charge in [0.05, 0.1) is 11.4 Å². The van der Waals surface area contributed by atoms with E-state index >= 15 is 0 Å². The lowest BCUT2D eigenvalue weighted by atomic mass is 9.95. The standard InChI is InChI=1S/C66H38N2O3S6/c1-2-17-47-44(15-1)65-50(69-47)31-30-45(67(41-27-32-58-61(36-41)75-55-24-8-5-21-52(55)72-58)42-28-33-59-62(37-42)76-56-25-9-6-22-53(56)73-59)64(65)39-13-11-14-40(35-39)68(43-29-34-60-63(38-43)77-57-26-10-7-23-54(57)74-60)46-16-12-20-51-66(46)71-49-19-4-3-18-48(49)70-51/h1-38H. The summed E-state index contributed by atoms with van der Waals surface area (Å²) in [4.78, 5) is 19.8. The molecular weight excluding hydrogens is 1060 g/mol. The van der Waals surface area contributed by atoms with Crippen molar-refractivity contribution in [3.8, 4) is 34.1 Å². The van der Waals surface area contributed by atoms with Gasteiger partial charge < -0.3 is 23.7 Å². The third kappa shape index (κ3) is 7.93. The fourth-order valence-corrected chi connectivity index (χ4v) is 17.4. The zero-order valence-electron chi connectivity index (χ0n) is 40.5. The highest BCUT2D eigenvalue weighted by atomic mass is 32.2. The van der Waals surface area contributed by atoms with Crippen molar-refractivity contribution in [2.45, 2.75) is 58.7 Å². The summed E-state index contributed by atoms with van der Waals surface area (Å²) in [6, 6.07) is 82.7. The summed E-state index contributed by atoms with van der Waals surface area (Å²) in [7, 11) is 0. The topological polar surface area (TPSA) is 38.1 Å². The molecule has 366 valence electrons. The Kier molecular flexibility index (Phi) is 11.0. The SMILES string of the molecule is c1cc(-c2c(N(c3ccc4c(c3)Sc3ccccc3S4)c3ccc4c(c3)Sc3ccccc3S4)ccc3oc4ccccc4c23)cc(N(c2ccc3c(c2)Sc2ccccc2S3)c2cccc3c2Oc2ccccc2O3)c1. The van der Waals surface area contributed by atoms with E-state index in [1.807, 2.05) is 101 Å². The van der Waals surface area contributed by atoms with E-state index in [1.165, 1.54) is 58.7 Å². The minimum absolute atomic E-state index is 0.647. The fourth-order valence-electron chi connectivity index (χ4n) is 10.6. The molecule has 5 nitrogen and oxygen atoms in total. The van der Waals surface area contributed by atoms with Crippen LogP contribution < -0.4 is 19.3 Å². The third-order valence-electron chi connectivity index (χ3n) is 14.1. The molecule has 4 aliphatic rings. The highest BCUT2D eigenvalue weighted by Gasteiger charge is 2.30. The predicted octanol–water partition coefficient (Wildman–Crippen LogP) is 21.9. The van der Waals surface area contributed by atoms with Crippen LogP contribution in [-0.2, 0) is 0 Å². The Balaban J connectivity index is 0.914. The van der Waals surface area contributed by atoms with Crippen LogP contribution in [0.4, 0.5) is 34.1 Å². The van der Waals surface area contributed by atoms with Gasteiger partial charge in [0.15, 0.2) is 23.0 Å². The summed E-state index contributed by atoms with van der Waals surface area (Å²) in [5.74, 6) is 2.66. The molecule has 5 heterocycles. The quantitative estimate of drug-likeness (QED) is 0.153. The van der Waals surface area contributed by atoms with Gasteiger partial charge in [0.1, 0.15) is 11.2 Å². The van der Waals surface area contributed by atoms with Crippen LogP contribution >= 0.6 is 70.6 Å². The smallest absolute Gasteiger partial charge is 0.194 e. The van der Waals surface area contributed by atoms with E-state index in [0.717, 1.165) is 67.2 Å². The lowest BCUT2D eigenvalue weighted by Gasteiger charge is -2.32. The molecule has 0 aliphatic carbocycles. The minimum Gasteiger partial charge on any atom is -0.456 e. The number of benzene rings is 11. The number of anilines is 6. The highest BCUT2D eigenvalue weighted by molar-refractivity contribution is 8.06. The monoisotopic (exact) mass is 1100 g/mol. The molecule has 0 fully saturated rings. The van der Waals surface area contributed by atoms with E-state index in [-0.39, 0.29) is 0 Å². The molecule has 0 bridgehead atoms. The summed E-state index contributed by atoms with van der Waals surface area (Å²) in [5, 5.41) is 2.10. The highest BCUT2D eigenvalue weighted by Crippen LogP contribution is 2.58. The van der Waals surface area contributed by atoms with Gasteiger partial charge in [0.25, 0.3) is 0 Å². The number of fused-ring (bicyclic) bond motifs is 11. The van der Waals surface area contributed by atoms with Crippen molar-refractivity contribution in [2.75, 3.05) is 9.80 Å². The molecule has 12 aromatic rings. The number of hydrogen-bond acceptors (Lipinski definition) is 11. The molecule has 0 radical (unpaired) electrons. The molecule has 77 heavy (non-hydrogen) atoms. The van der Waals surface area contributed by atoms with Crippen molar-refractivity contribution < 1.29 is 13.9 Å². The van der Waals surface area contributed by atoms with Crippen LogP contribution in [0.2, 0.25) is 0 Å². The Morgan fingerprint density at radius 2 is 0.727 bits per heavy atom. The lowest BCUT2D eigenvalue weighted by Crippen LogP contribution is -2.14. The minimum atomic E-state index is 0.647. The Hall–Kier alpha value is -7.48. The van der Waals surface area contributed by atoms with Crippen LogP contribution in [0.15, 0.2) is 294 Å². The Morgan fingerprint density at radius 1 is 0.286 bits per heavy atom. The van der Waals surface area contributed by atoms with Crippen molar-refractivity contribution in [2.24, 2.45) is 0 Å². The summed E-state index contributed by atoms with van der Waals surface area (Å²) < 4.78 is 20.2. The van der Waals surface area contributed by atoms with Crippen LogP contribution in [0.5, 0.6) is 23.0 Å². The van der Waals surface area contributed by atoms with E-state index < -0.39 is 0 Å². The van der Waals surface area contributed by atoms with Crippen molar-refractivity contribution in [3.63, 3.8) is 0 Å².